The molecule has 2 aliphatic carbocycles. The Hall–Kier alpha value is -4.42. The Bertz CT molecular complexity index is 2140. The van der Waals surface area contributed by atoms with Gasteiger partial charge in [-0.05, 0) is 56.4 Å². The first-order valence-electron chi connectivity index (χ1n) is 22.7. The third kappa shape index (κ3) is 9.90. The highest BCUT2D eigenvalue weighted by atomic mass is 16.8. The smallest absolute Gasteiger partial charge is 0.327 e. The number of aliphatic hydroxyl groups is 6. The maximum atomic E-state index is 15.1. The van der Waals surface area contributed by atoms with E-state index in [0.29, 0.717) is 18.4 Å². The number of esters is 2. The van der Waals surface area contributed by atoms with Gasteiger partial charge in [-0.15, -0.1) is 0 Å². The van der Waals surface area contributed by atoms with Crippen LogP contribution in [0.4, 0.5) is 0 Å². The molecule has 0 aromatic heterocycles. The number of hydrogen-bond donors (Lipinski definition) is 8. The second-order valence-electron chi connectivity index (χ2n) is 19.3. The summed E-state index contributed by atoms with van der Waals surface area (Å²) < 4.78 is 35.9. The van der Waals surface area contributed by atoms with Gasteiger partial charge in [0.05, 0.1) is 38.5 Å². The van der Waals surface area contributed by atoms with Crippen molar-refractivity contribution >= 4 is 29.8 Å². The molecule has 20 heteroatoms. The summed E-state index contributed by atoms with van der Waals surface area (Å²) >= 11 is 0. The van der Waals surface area contributed by atoms with Crippen molar-refractivity contribution in [1.82, 2.24) is 15.7 Å². The molecule has 0 unspecified atom stereocenters. The standard InChI is InChI=1S/C47H61N3O17/c1-24(53)33(41(58)48-29(22-51)15-16-32(54)64-45(2,3)4)49-44(60)47-20-30-37-38(66-46(65-37)18-27-9-5-6-10-28(27)19-46)40(47)67-50(39(47)42(59)62-30)21-26-13-11-25(12-14-26)8-7-17-61-43-36(57)35(56)34(55)31(23-52)63-43/h5-14,24,29-31,33-40,43,51-53,55-57H,15-23H2,1-4H3,(H,48,58)(H,49,60)/t24-,29-,30+,31+,33+,34-,35-,36+,37-,38-,39-,40+,43-,47-/m0/s1. The Kier molecular flexibility index (Phi) is 14.3. The van der Waals surface area contributed by atoms with Crippen LogP contribution in [-0.4, -0.2) is 170 Å². The van der Waals surface area contributed by atoms with Gasteiger partial charge < -0.3 is 69.7 Å². The number of fused-ring (bicyclic) bond motifs is 5. The summed E-state index contributed by atoms with van der Waals surface area (Å²) in [4.78, 5) is 62.3. The number of benzene rings is 2. The number of nitrogens with zero attached hydrogens (tertiary/aromatic N) is 1. The van der Waals surface area contributed by atoms with E-state index < -0.39 is 133 Å². The molecule has 5 fully saturated rings. The average Bonchev–Trinajstić information content (AvgIpc) is 3.96. The Morgan fingerprint density at radius 1 is 0.955 bits per heavy atom. The van der Waals surface area contributed by atoms with E-state index in [1.165, 1.54) is 12.0 Å². The van der Waals surface area contributed by atoms with Crippen molar-refractivity contribution in [3.63, 3.8) is 0 Å². The Morgan fingerprint density at radius 2 is 1.64 bits per heavy atom. The highest BCUT2D eigenvalue weighted by Gasteiger charge is 2.76. The van der Waals surface area contributed by atoms with Crippen molar-refractivity contribution < 1.29 is 83.1 Å². The van der Waals surface area contributed by atoms with Crippen LogP contribution in [0.15, 0.2) is 54.6 Å². The molecule has 2 aromatic rings. The lowest BCUT2D eigenvalue weighted by Crippen LogP contribution is -2.71. The summed E-state index contributed by atoms with van der Waals surface area (Å²) in [5, 5.41) is 67.6. The van der Waals surface area contributed by atoms with Gasteiger partial charge in [0.1, 0.15) is 65.9 Å². The number of aliphatic hydroxyl groups excluding tert-OH is 6. The van der Waals surface area contributed by atoms with Crippen molar-refractivity contribution in [3.05, 3.63) is 76.9 Å². The zero-order valence-corrected chi connectivity index (χ0v) is 37.8. The summed E-state index contributed by atoms with van der Waals surface area (Å²) in [6, 6.07) is 11.2. The van der Waals surface area contributed by atoms with Gasteiger partial charge in [-0.1, -0.05) is 60.7 Å². The first-order chi connectivity index (χ1) is 31.8. The van der Waals surface area contributed by atoms with Gasteiger partial charge in [-0.25, -0.2) is 0 Å². The molecule has 1 saturated carbocycles. The van der Waals surface area contributed by atoms with E-state index in [1.54, 1.807) is 57.2 Å². The molecule has 2 amide bonds. The molecule has 14 atom stereocenters. The number of ether oxygens (including phenoxy) is 6. The largest absolute Gasteiger partial charge is 0.460 e. The maximum Gasteiger partial charge on any atom is 0.327 e. The molecule has 8 N–H and O–H groups in total. The SMILES string of the molecule is C[C@H](O)[C@@H](NC(=O)[C@@]12C[C@H]3OC(=O)[C@@H]1N(Cc1ccc(C=CCO[C@H]4O[C@H](CO)[C@H](O)[C@H](O)[C@H]4O)cc1)O[C@@H]2[C@H]1OC2(Cc4ccccc4C2)O[C@H]13)C(=O)N[C@H](CO)CCC(=O)OC(C)(C)C. The lowest BCUT2D eigenvalue weighted by atomic mass is 9.62. The lowest BCUT2D eigenvalue weighted by molar-refractivity contribution is -0.298. The zero-order valence-electron chi connectivity index (χ0n) is 37.8. The van der Waals surface area contributed by atoms with Crippen LogP contribution in [0.1, 0.15) is 69.2 Å². The summed E-state index contributed by atoms with van der Waals surface area (Å²) in [5.41, 5.74) is 1.07. The van der Waals surface area contributed by atoms with Crippen LogP contribution >= 0.6 is 0 Å². The Labute approximate surface area is 387 Å². The molecule has 4 saturated heterocycles. The van der Waals surface area contributed by atoms with Crippen molar-refractivity contribution in [1.29, 1.82) is 0 Å². The molecule has 67 heavy (non-hydrogen) atoms. The number of nitrogens with one attached hydrogen (secondary N) is 2. The van der Waals surface area contributed by atoms with Gasteiger partial charge in [-0.3, -0.25) is 24.0 Å². The van der Waals surface area contributed by atoms with Crippen LogP contribution in [0.3, 0.4) is 0 Å². The van der Waals surface area contributed by atoms with Crippen molar-refractivity contribution in [3.8, 4) is 0 Å². The summed E-state index contributed by atoms with van der Waals surface area (Å²) in [6.45, 7) is 5.33. The minimum Gasteiger partial charge on any atom is -0.460 e. The van der Waals surface area contributed by atoms with E-state index in [2.05, 4.69) is 10.6 Å². The predicted octanol–water partition coefficient (Wildman–Crippen LogP) is -0.940. The number of hydroxylamine groups is 2. The van der Waals surface area contributed by atoms with Crippen molar-refractivity contribution in [2.45, 2.75) is 157 Å². The number of carbonyl (C=O) groups excluding carboxylic acids is 4. The van der Waals surface area contributed by atoms with Gasteiger partial charge in [-0.2, -0.15) is 5.06 Å². The summed E-state index contributed by atoms with van der Waals surface area (Å²) in [5.74, 6) is -3.97. The van der Waals surface area contributed by atoms with Gasteiger partial charge in [0.2, 0.25) is 11.8 Å². The Morgan fingerprint density at radius 3 is 2.28 bits per heavy atom. The predicted molar refractivity (Wildman–Crippen MR) is 230 cm³/mol. The van der Waals surface area contributed by atoms with Gasteiger partial charge in [0.25, 0.3) is 0 Å². The highest BCUT2D eigenvalue weighted by molar-refractivity contribution is 5.96. The Balaban J connectivity index is 1.00. The molecule has 1 spiro atoms. The van der Waals surface area contributed by atoms with Crippen molar-refractivity contribution in [2.75, 3.05) is 19.8 Å². The van der Waals surface area contributed by atoms with Crippen LogP contribution in [0.25, 0.3) is 6.08 Å². The molecule has 2 bridgehead atoms. The molecule has 20 nitrogen and oxygen atoms in total. The third-order valence-electron chi connectivity index (χ3n) is 13.3. The minimum atomic E-state index is -1.70. The van der Waals surface area contributed by atoms with E-state index in [1.807, 2.05) is 24.3 Å². The average molecular weight is 940 g/mol. The molecule has 366 valence electrons. The second kappa shape index (κ2) is 19.5. The summed E-state index contributed by atoms with van der Waals surface area (Å²) in [7, 11) is 0. The fourth-order valence-corrected chi connectivity index (χ4v) is 10.1. The van der Waals surface area contributed by atoms with Crippen molar-refractivity contribution in [2.24, 2.45) is 5.41 Å². The van der Waals surface area contributed by atoms with E-state index in [4.69, 9.17) is 33.3 Å². The maximum absolute atomic E-state index is 15.1. The van der Waals surface area contributed by atoms with Crippen LogP contribution in [0.2, 0.25) is 0 Å². The molecule has 0 radical (unpaired) electrons. The van der Waals surface area contributed by atoms with Crippen LogP contribution in [0, 0.1) is 5.41 Å². The minimum absolute atomic E-state index is 0.00511. The van der Waals surface area contributed by atoms with Crippen LogP contribution in [-0.2, 0) is 71.8 Å². The number of carbonyl (C=O) groups is 4. The quantitative estimate of drug-likeness (QED) is 0.0943. The monoisotopic (exact) mass is 939 g/mol. The highest BCUT2D eigenvalue weighted by Crippen LogP contribution is 2.58. The fraction of sp³-hybridized carbons (Fsp3) is 0.617. The fourth-order valence-electron chi connectivity index (χ4n) is 10.1. The van der Waals surface area contributed by atoms with Gasteiger partial charge >= 0.3 is 11.9 Å². The molecule has 4 heterocycles. The van der Waals surface area contributed by atoms with Crippen LogP contribution in [0.5, 0.6) is 0 Å². The molecule has 6 aliphatic rings. The normalized spacial score (nSPS) is 33.1. The second-order valence-corrected chi connectivity index (χ2v) is 19.3. The van der Waals surface area contributed by atoms with E-state index in [0.717, 1.165) is 16.7 Å². The number of rotatable bonds is 16. The molecule has 4 aliphatic heterocycles. The lowest BCUT2D eigenvalue weighted by Gasteiger charge is -2.49. The van der Waals surface area contributed by atoms with E-state index in [-0.39, 0.29) is 32.4 Å². The number of amides is 2. The molecular weight excluding hydrogens is 879 g/mol. The summed E-state index contributed by atoms with van der Waals surface area (Å²) in [6.07, 6.45) is -8.11. The third-order valence-corrected chi connectivity index (χ3v) is 13.3. The first-order valence-corrected chi connectivity index (χ1v) is 22.7. The molecular formula is C47H61N3O17. The van der Waals surface area contributed by atoms with Gasteiger partial charge in [0, 0.05) is 25.7 Å². The van der Waals surface area contributed by atoms with E-state index in [9.17, 15) is 45.0 Å². The molecule has 8 rings (SSSR count). The van der Waals surface area contributed by atoms with Crippen LogP contribution < -0.4 is 10.6 Å². The van der Waals surface area contributed by atoms with E-state index >= 15 is 4.79 Å². The zero-order chi connectivity index (χ0) is 48.0. The molecule has 2 aromatic carbocycles. The van der Waals surface area contributed by atoms with Gasteiger partial charge in [0.15, 0.2) is 18.1 Å². The topological polar surface area (TPSA) is 282 Å². The number of hydrogen-bond acceptors (Lipinski definition) is 18. The first kappa shape index (κ1) is 49.0.